The number of hydrogen-bond donors (Lipinski definition) is 1. The molecule has 6 heteroatoms. The van der Waals surface area contributed by atoms with Gasteiger partial charge in [0, 0.05) is 6.42 Å². The highest BCUT2D eigenvalue weighted by Gasteiger charge is 2.19. The lowest BCUT2D eigenvalue weighted by Crippen LogP contribution is -2.24. The van der Waals surface area contributed by atoms with E-state index in [1.165, 1.54) is 36.4 Å². The minimum absolute atomic E-state index is 0.0279. The summed E-state index contributed by atoms with van der Waals surface area (Å²) in [7, 11) is -3.60. The predicted molar refractivity (Wildman–Crippen MR) is 84.2 cm³/mol. The van der Waals surface area contributed by atoms with Crippen molar-refractivity contribution in [2.75, 3.05) is 6.61 Å². The first-order valence-corrected chi connectivity index (χ1v) is 8.96. The van der Waals surface area contributed by atoms with Crippen molar-refractivity contribution in [2.24, 2.45) is 0 Å². The molecule has 23 heavy (non-hydrogen) atoms. The van der Waals surface area contributed by atoms with Crippen LogP contribution >= 0.6 is 0 Å². The molecule has 1 saturated heterocycles. The molecule has 0 saturated carbocycles. The number of ether oxygens (including phenoxy) is 2. The number of phenolic OH excluding ortho intramolecular Hbond substituents is 1. The van der Waals surface area contributed by atoms with Crippen molar-refractivity contribution >= 4 is 9.84 Å². The largest absolute Gasteiger partial charge is 0.508 e. The van der Waals surface area contributed by atoms with Gasteiger partial charge < -0.3 is 14.6 Å². The van der Waals surface area contributed by atoms with E-state index in [-0.39, 0.29) is 21.8 Å². The van der Waals surface area contributed by atoms with Crippen molar-refractivity contribution in [3.05, 3.63) is 48.5 Å². The molecule has 0 radical (unpaired) electrons. The van der Waals surface area contributed by atoms with Crippen molar-refractivity contribution in [1.82, 2.24) is 0 Å². The fourth-order valence-electron chi connectivity index (χ4n) is 2.41. The Bertz CT molecular complexity index is 745. The van der Waals surface area contributed by atoms with Crippen molar-refractivity contribution in [1.29, 1.82) is 0 Å². The fourth-order valence-corrected chi connectivity index (χ4v) is 3.68. The van der Waals surface area contributed by atoms with E-state index < -0.39 is 9.84 Å². The molecule has 0 bridgehead atoms. The van der Waals surface area contributed by atoms with Crippen LogP contribution < -0.4 is 4.74 Å². The van der Waals surface area contributed by atoms with Crippen LogP contribution in [-0.4, -0.2) is 26.4 Å². The number of phenols is 1. The maximum Gasteiger partial charge on any atom is 0.206 e. The Hall–Kier alpha value is -2.05. The minimum atomic E-state index is -3.60. The van der Waals surface area contributed by atoms with Gasteiger partial charge in [0.1, 0.15) is 11.5 Å². The molecule has 1 unspecified atom stereocenters. The van der Waals surface area contributed by atoms with E-state index in [2.05, 4.69) is 0 Å². The van der Waals surface area contributed by atoms with Gasteiger partial charge >= 0.3 is 0 Å². The third kappa shape index (κ3) is 3.65. The average molecular weight is 334 g/mol. The molecule has 2 aromatic rings. The first kappa shape index (κ1) is 15.8. The minimum Gasteiger partial charge on any atom is -0.508 e. The van der Waals surface area contributed by atoms with E-state index >= 15 is 0 Å². The van der Waals surface area contributed by atoms with Gasteiger partial charge in [0.25, 0.3) is 0 Å². The second kappa shape index (κ2) is 6.60. The number of aromatic hydroxyl groups is 1. The Morgan fingerprint density at radius 1 is 0.957 bits per heavy atom. The lowest BCUT2D eigenvalue weighted by atomic mass is 10.2. The maximum atomic E-state index is 12.5. The van der Waals surface area contributed by atoms with E-state index in [1.807, 2.05) is 0 Å². The smallest absolute Gasteiger partial charge is 0.206 e. The molecule has 0 spiro atoms. The second-order valence-electron chi connectivity index (χ2n) is 5.38. The molecule has 1 N–H and O–H groups in total. The normalized spacial score (nSPS) is 18.5. The highest BCUT2D eigenvalue weighted by atomic mass is 32.2. The summed E-state index contributed by atoms with van der Waals surface area (Å²) in [5.41, 5.74) is 0. The van der Waals surface area contributed by atoms with Crippen LogP contribution in [0.5, 0.6) is 11.5 Å². The van der Waals surface area contributed by atoms with Gasteiger partial charge in [-0.25, -0.2) is 8.42 Å². The summed E-state index contributed by atoms with van der Waals surface area (Å²) >= 11 is 0. The van der Waals surface area contributed by atoms with Crippen molar-refractivity contribution in [3.8, 4) is 11.5 Å². The van der Waals surface area contributed by atoms with Crippen LogP contribution in [0.15, 0.2) is 58.3 Å². The monoisotopic (exact) mass is 334 g/mol. The Morgan fingerprint density at radius 2 is 1.57 bits per heavy atom. The number of hydrogen-bond acceptors (Lipinski definition) is 5. The third-order valence-corrected chi connectivity index (χ3v) is 5.47. The van der Waals surface area contributed by atoms with E-state index in [1.54, 1.807) is 12.1 Å². The zero-order valence-electron chi connectivity index (χ0n) is 12.5. The summed E-state index contributed by atoms with van der Waals surface area (Å²) in [4.78, 5) is 0.319. The molecule has 1 aliphatic heterocycles. The quantitative estimate of drug-likeness (QED) is 0.930. The van der Waals surface area contributed by atoms with Crippen LogP contribution in [-0.2, 0) is 14.6 Å². The molecule has 1 aliphatic rings. The van der Waals surface area contributed by atoms with Gasteiger partial charge in [-0.1, -0.05) is 0 Å². The molecular formula is C17H18O5S. The molecule has 0 amide bonds. The summed E-state index contributed by atoms with van der Waals surface area (Å²) < 4.78 is 36.2. The molecular weight excluding hydrogens is 316 g/mol. The maximum absolute atomic E-state index is 12.5. The molecule has 122 valence electrons. The lowest BCUT2D eigenvalue weighted by molar-refractivity contribution is -0.105. The molecule has 1 heterocycles. The Morgan fingerprint density at radius 3 is 2.13 bits per heavy atom. The van der Waals surface area contributed by atoms with Gasteiger partial charge in [-0.05, 0) is 61.4 Å². The first-order chi connectivity index (χ1) is 11.1. The van der Waals surface area contributed by atoms with Crippen LogP contribution in [0, 0.1) is 0 Å². The number of sulfone groups is 1. The first-order valence-electron chi connectivity index (χ1n) is 7.48. The highest BCUT2D eigenvalue weighted by molar-refractivity contribution is 7.91. The van der Waals surface area contributed by atoms with Gasteiger partial charge in [0.15, 0.2) is 6.29 Å². The van der Waals surface area contributed by atoms with E-state index in [4.69, 9.17) is 9.47 Å². The Kier molecular flexibility index (Phi) is 4.54. The molecule has 2 aromatic carbocycles. The van der Waals surface area contributed by atoms with E-state index in [0.29, 0.717) is 12.4 Å². The van der Waals surface area contributed by atoms with Crippen LogP contribution in [0.25, 0.3) is 0 Å². The van der Waals surface area contributed by atoms with Crippen LogP contribution in [0.4, 0.5) is 0 Å². The van der Waals surface area contributed by atoms with Crippen molar-refractivity contribution in [3.63, 3.8) is 0 Å². The standard InChI is InChI=1S/C17H18O5S/c18-13-4-8-15(9-5-13)23(19,20)16-10-6-14(7-11-16)22-17-3-1-2-12-21-17/h4-11,17-18H,1-3,12H2. The summed E-state index contributed by atoms with van der Waals surface area (Å²) in [6, 6.07) is 11.8. The fraction of sp³-hybridized carbons (Fsp3) is 0.294. The van der Waals surface area contributed by atoms with Gasteiger partial charge in [-0.15, -0.1) is 0 Å². The summed E-state index contributed by atoms with van der Waals surface area (Å²) in [6.45, 7) is 0.692. The molecule has 1 atom stereocenters. The summed E-state index contributed by atoms with van der Waals surface area (Å²) in [5.74, 6) is 0.613. The van der Waals surface area contributed by atoms with Gasteiger partial charge in [-0.2, -0.15) is 0 Å². The Balaban J connectivity index is 1.76. The average Bonchev–Trinajstić information content (AvgIpc) is 2.57. The van der Waals surface area contributed by atoms with Crippen LogP contribution in [0.3, 0.4) is 0 Å². The topological polar surface area (TPSA) is 72.8 Å². The molecule has 0 aliphatic carbocycles. The number of benzene rings is 2. The van der Waals surface area contributed by atoms with Gasteiger partial charge in [0.2, 0.25) is 9.84 Å². The van der Waals surface area contributed by atoms with Crippen LogP contribution in [0.1, 0.15) is 19.3 Å². The lowest BCUT2D eigenvalue weighted by Gasteiger charge is -2.23. The Labute approximate surface area is 135 Å². The SMILES string of the molecule is O=S(=O)(c1ccc(O)cc1)c1ccc(OC2CCCCO2)cc1. The van der Waals surface area contributed by atoms with Gasteiger partial charge in [-0.3, -0.25) is 0 Å². The van der Waals surface area contributed by atoms with E-state index in [9.17, 15) is 13.5 Å². The van der Waals surface area contributed by atoms with Crippen molar-refractivity contribution < 1.29 is 23.0 Å². The zero-order chi connectivity index (χ0) is 16.3. The third-order valence-electron chi connectivity index (χ3n) is 3.69. The van der Waals surface area contributed by atoms with Crippen molar-refractivity contribution in [2.45, 2.75) is 35.3 Å². The van der Waals surface area contributed by atoms with E-state index in [0.717, 1.165) is 19.3 Å². The highest BCUT2D eigenvalue weighted by Crippen LogP contribution is 2.25. The molecule has 3 rings (SSSR count). The molecule has 0 aromatic heterocycles. The number of rotatable bonds is 4. The zero-order valence-corrected chi connectivity index (χ0v) is 13.3. The molecule has 1 fully saturated rings. The second-order valence-corrected chi connectivity index (χ2v) is 7.33. The van der Waals surface area contributed by atoms with Crippen LogP contribution in [0.2, 0.25) is 0 Å². The summed E-state index contributed by atoms with van der Waals surface area (Å²) in [5, 5.41) is 9.26. The molecule has 5 nitrogen and oxygen atoms in total. The summed E-state index contributed by atoms with van der Waals surface area (Å²) in [6.07, 6.45) is 2.69. The van der Waals surface area contributed by atoms with Gasteiger partial charge in [0.05, 0.1) is 16.4 Å². The predicted octanol–water partition coefficient (Wildman–Crippen LogP) is 3.13.